The van der Waals surface area contributed by atoms with Crippen molar-refractivity contribution in [3.63, 3.8) is 0 Å². The van der Waals surface area contributed by atoms with Gasteiger partial charge in [-0.05, 0) is 24.3 Å². The molecule has 1 unspecified atom stereocenters. The second-order valence-corrected chi connectivity index (χ2v) is 5.26. The Morgan fingerprint density at radius 2 is 1.57 bits per heavy atom. The van der Waals surface area contributed by atoms with Gasteiger partial charge in [-0.3, -0.25) is 0 Å². The maximum Gasteiger partial charge on any atom is 0.0662 e. The summed E-state index contributed by atoms with van der Waals surface area (Å²) in [5.74, 6) is 0.770. The van der Waals surface area contributed by atoms with Crippen LogP contribution in [0.3, 0.4) is 0 Å². The van der Waals surface area contributed by atoms with E-state index >= 15 is 0 Å². The number of allylic oxidation sites excluding steroid dienone is 1. The molecule has 0 spiro atoms. The van der Waals surface area contributed by atoms with Gasteiger partial charge in [0, 0.05) is 0 Å². The fourth-order valence-corrected chi connectivity index (χ4v) is 2.18. The van der Waals surface area contributed by atoms with E-state index in [9.17, 15) is 0 Å². The molecule has 2 N–H and O–H groups in total. The number of hydrogen-bond donors (Lipinski definition) is 2. The van der Waals surface area contributed by atoms with E-state index in [0.29, 0.717) is 0 Å². The Bertz CT molecular complexity index is 331. The summed E-state index contributed by atoms with van der Waals surface area (Å²) < 4.78 is 0. The summed E-state index contributed by atoms with van der Waals surface area (Å²) in [7, 11) is 0. The Morgan fingerprint density at radius 3 is 2.10 bits per heavy atom. The third kappa shape index (κ3) is 12.3. The van der Waals surface area contributed by atoms with Crippen molar-refractivity contribution in [1.29, 1.82) is 0 Å². The maximum atomic E-state index is 7.62. The predicted molar refractivity (Wildman–Crippen MR) is 92.2 cm³/mol. The summed E-state index contributed by atoms with van der Waals surface area (Å²) in [5.41, 5.74) is 1.32. The highest BCUT2D eigenvalue weighted by Crippen LogP contribution is 2.18. The minimum absolute atomic E-state index is 0.125. The van der Waals surface area contributed by atoms with E-state index in [2.05, 4.69) is 56.3 Å². The number of aliphatic hydroxyl groups is 2. The lowest BCUT2D eigenvalue weighted by atomic mass is 9.95. The lowest BCUT2D eigenvalue weighted by Gasteiger charge is -2.10. The lowest BCUT2D eigenvalue weighted by molar-refractivity contribution is 0.186. The number of aliphatic hydroxyl groups excluding tert-OH is 2. The molecule has 0 aliphatic heterocycles. The fraction of sp³-hybridized carbons (Fsp3) is 0.579. The van der Waals surface area contributed by atoms with Gasteiger partial charge >= 0.3 is 0 Å². The van der Waals surface area contributed by atoms with Crippen molar-refractivity contribution in [1.82, 2.24) is 0 Å². The van der Waals surface area contributed by atoms with Crippen molar-refractivity contribution in [2.24, 2.45) is 5.92 Å². The van der Waals surface area contributed by atoms with Crippen LogP contribution in [0.25, 0.3) is 6.08 Å². The summed E-state index contributed by atoms with van der Waals surface area (Å²) in [4.78, 5) is 0. The van der Waals surface area contributed by atoms with E-state index in [-0.39, 0.29) is 13.2 Å². The Kier molecular flexibility index (Phi) is 14.5. The molecule has 0 saturated carbocycles. The smallest absolute Gasteiger partial charge is 0.0662 e. The summed E-state index contributed by atoms with van der Waals surface area (Å²) in [5, 5.41) is 15.2. The van der Waals surface area contributed by atoms with E-state index in [1.165, 1.54) is 44.1 Å². The average molecular weight is 292 g/mol. The summed E-state index contributed by atoms with van der Waals surface area (Å²) in [6, 6.07) is 10.6. The molecule has 0 saturated heterocycles. The molecule has 0 radical (unpaired) electrons. The molecule has 120 valence electrons. The molecular formula is C19H32O2. The van der Waals surface area contributed by atoms with Crippen molar-refractivity contribution in [3.05, 3.63) is 42.0 Å². The van der Waals surface area contributed by atoms with Crippen molar-refractivity contribution >= 4 is 6.08 Å². The highest BCUT2D eigenvalue weighted by atomic mass is 16.3. The predicted octanol–water partition coefficient (Wildman–Crippen LogP) is 4.67. The molecule has 0 bridgehead atoms. The fourth-order valence-electron chi connectivity index (χ4n) is 2.18. The van der Waals surface area contributed by atoms with Gasteiger partial charge in [-0.15, -0.1) is 0 Å². The van der Waals surface area contributed by atoms with Gasteiger partial charge in [-0.1, -0.05) is 82.0 Å². The van der Waals surface area contributed by atoms with Crippen molar-refractivity contribution in [3.8, 4) is 0 Å². The van der Waals surface area contributed by atoms with Crippen LogP contribution in [-0.2, 0) is 0 Å². The Balaban J connectivity index is 0.000000885. The largest absolute Gasteiger partial charge is 0.394 e. The quantitative estimate of drug-likeness (QED) is 0.649. The van der Waals surface area contributed by atoms with E-state index in [1.54, 1.807) is 0 Å². The number of unbranched alkanes of at least 4 members (excludes halogenated alkanes) is 2. The van der Waals surface area contributed by atoms with Crippen LogP contribution in [0.5, 0.6) is 0 Å². The van der Waals surface area contributed by atoms with Crippen LogP contribution in [-0.4, -0.2) is 23.4 Å². The Hall–Kier alpha value is -1.12. The third-order valence-electron chi connectivity index (χ3n) is 3.30. The second kappa shape index (κ2) is 15.3. The molecule has 1 atom stereocenters. The van der Waals surface area contributed by atoms with Crippen LogP contribution >= 0.6 is 0 Å². The number of rotatable bonds is 9. The van der Waals surface area contributed by atoms with Gasteiger partial charge in [-0.25, -0.2) is 0 Å². The van der Waals surface area contributed by atoms with Gasteiger partial charge in [0.2, 0.25) is 0 Å². The van der Waals surface area contributed by atoms with Crippen LogP contribution in [0.2, 0.25) is 0 Å². The third-order valence-corrected chi connectivity index (χ3v) is 3.30. The highest BCUT2D eigenvalue weighted by molar-refractivity contribution is 5.48. The molecule has 0 heterocycles. The molecule has 2 heteroatoms. The molecule has 2 nitrogen and oxygen atoms in total. The summed E-state index contributed by atoms with van der Waals surface area (Å²) in [6.45, 7) is 4.30. The molecular weight excluding hydrogens is 260 g/mol. The first-order valence-electron chi connectivity index (χ1n) is 8.23. The molecule has 21 heavy (non-hydrogen) atoms. The Morgan fingerprint density at radius 1 is 0.905 bits per heavy atom. The van der Waals surface area contributed by atoms with E-state index in [4.69, 9.17) is 10.2 Å². The standard InChI is InChI=1S/C17H26.C2H6O2/c1-3-5-7-11-16(10-4-2)14-15-17-12-8-6-9-13-17;3-1-2-4/h6,8-9,12-16H,3-5,7,10-11H2,1-2H3;3-4H,1-2H2. The molecule has 0 aliphatic carbocycles. The second-order valence-electron chi connectivity index (χ2n) is 5.26. The normalized spacial score (nSPS) is 12.0. The molecule has 1 rings (SSSR count). The van der Waals surface area contributed by atoms with Gasteiger partial charge in [0.05, 0.1) is 13.2 Å². The molecule has 0 amide bonds. The zero-order valence-electron chi connectivity index (χ0n) is 13.7. The van der Waals surface area contributed by atoms with Gasteiger partial charge in [0.25, 0.3) is 0 Å². The first kappa shape index (κ1) is 19.9. The van der Waals surface area contributed by atoms with Crippen molar-refractivity contribution in [2.45, 2.75) is 52.4 Å². The first-order valence-corrected chi connectivity index (χ1v) is 8.23. The molecule has 0 fully saturated rings. The molecule has 0 aromatic heterocycles. The summed E-state index contributed by atoms with van der Waals surface area (Å²) >= 11 is 0. The topological polar surface area (TPSA) is 40.5 Å². The molecule has 1 aromatic rings. The number of benzene rings is 1. The van der Waals surface area contributed by atoms with E-state index in [1.807, 2.05) is 0 Å². The lowest BCUT2D eigenvalue weighted by Crippen LogP contribution is -1.95. The molecule has 0 aliphatic rings. The molecule has 1 aromatic carbocycles. The van der Waals surface area contributed by atoms with Crippen LogP contribution in [0, 0.1) is 5.92 Å². The maximum absolute atomic E-state index is 7.62. The van der Waals surface area contributed by atoms with Gasteiger partial charge < -0.3 is 10.2 Å². The number of hydrogen-bond acceptors (Lipinski definition) is 2. The monoisotopic (exact) mass is 292 g/mol. The highest BCUT2D eigenvalue weighted by Gasteiger charge is 2.02. The minimum Gasteiger partial charge on any atom is -0.394 e. The first-order chi connectivity index (χ1) is 10.3. The minimum atomic E-state index is -0.125. The van der Waals surface area contributed by atoms with Crippen LogP contribution in [0.15, 0.2) is 36.4 Å². The van der Waals surface area contributed by atoms with Crippen LogP contribution in [0.4, 0.5) is 0 Å². The van der Waals surface area contributed by atoms with Gasteiger partial charge in [0.15, 0.2) is 0 Å². The zero-order chi connectivity index (χ0) is 15.8. The van der Waals surface area contributed by atoms with E-state index < -0.39 is 0 Å². The van der Waals surface area contributed by atoms with Gasteiger partial charge in [-0.2, -0.15) is 0 Å². The average Bonchev–Trinajstić information content (AvgIpc) is 2.54. The summed E-state index contributed by atoms with van der Waals surface area (Å²) in [6.07, 6.45) is 12.7. The Labute approximate surface area is 130 Å². The van der Waals surface area contributed by atoms with Crippen molar-refractivity contribution in [2.75, 3.05) is 13.2 Å². The zero-order valence-corrected chi connectivity index (χ0v) is 13.7. The SMILES string of the molecule is CCCCCC(C=Cc1ccccc1)CCC.OCCO. The van der Waals surface area contributed by atoms with Crippen LogP contribution < -0.4 is 0 Å². The van der Waals surface area contributed by atoms with Crippen molar-refractivity contribution < 1.29 is 10.2 Å². The van der Waals surface area contributed by atoms with Crippen LogP contribution in [0.1, 0.15) is 57.9 Å². The van der Waals surface area contributed by atoms with Gasteiger partial charge in [0.1, 0.15) is 0 Å². The van der Waals surface area contributed by atoms with E-state index in [0.717, 1.165) is 5.92 Å².